The van der Waals surface area contributed by atoms with Gasteiger partial charge in [-0.2, -0.15) is 5.26 Å². The van der Waals surface area contributed by atoms with Crippen molar-refractivity contribution in [1.29, 1.82) is 5.26 Å². The molecule has 0 radical (unpaired) electrons. The summed E-state index contributed by atoms with van der Waals surface area (Å²) in [4.78, 5) is 15.0. The van der Waals surface area contributed by atoms with Crippen molar-refractivity contribution in [3.05, 3.63) is 35.4 Å². The quantitative estimate of drug-likeness (QED) is 0.913. The van der Waals surface area contributed by atoms with Gasteiger partial charge in [-0.25, -0.2) is 0 Å². The first kappa shape index (κ1) is 17.9. The highest BCUT2D eigenvalue weighted by molar-refractivity contribution is 5.94. The Hall–Kier alpha value is -1.86. The predicted octanol–water partition coefficient (Wildman–Crippen LogP) is 3.64. The van der Waals surface area contributed by atoms with E-state index in [-0.39, 0.29) is 24.0 Å². The van der Waals surface area contributed by atoms with E-state index < -0.39 is 5.41 Å². The molecule has 0 aromatic heterocycles. The maximum Gasteiger partial charge on any atom is 0.254 e. The highest BCUT2D eigenvalue weighted by Gasteiger charge is 2.39. The molecule has 1 heterocycles. The molecule has 1 N–H and O–H groups in total. The minimum absolute atomic E-state index is 0.0570. The molecule has 3 rings (SSSR count). The summed E-state index contributed by atoms with van der Waals surface area (Å²) in [5, 5.41) is 19.6. The Bertz CT molecular complexity index is 659. The third-order valence-corrected chi connectivity index (χ3v) is 5.97. The smallest absolute Gasteiger partial charge is 0.254 e. The van der Waals surface area contributed by atoms with Gasteiger partial charge in [0.2, 0.25) is 0 Å². The molecule has 25 heavy (non-hydrogen) atoms. The first-order valence-corrected chi connectivity index (χ1v) is 9.45. The molecule has 0 spiro atoms. The van der Waals surface area contributed by atoms with Crippen LogP contribution in [0.4, 0.5) is 0 Å². The number of aliphatic hydroxyl groups excluding tert-OH is 1. The lowest BCUT2D eigenvalue weighted by molar-refractivity contribution is 0.0211. The van der Waals surface area contributed by atoms with Crippen LogP contribution in [0.2, 0.25) is 0 Å². The molecule has 0 bridgehead atoms. The number of hydrogen-bond acceptors (Lipinski definition) is 3. The van der Waals surface area contributed by atoms with E-state index in [9.17, 15) is 15.2 Å². The van der Waals surface area contributed by atoms with Crippen molar-refractivity contribution in [2.45, 2.75) is 69.9 Å². The molecule has 1 saturated carbocycles. The maximum absolute atomic E-state index is 13.0. The molecule has 3 unspecified atom stereocenters. The zero-order valence-corrected chi connectivity index (χ0v) is 15.2. The number of rotatable bonds is 3. The molecule has 1 aromatic carbocycles. The minimum atomic E-state index is -0.552. The van der Waals surface area contributed by atoms with Crippen molar-refractivity contribution in [2.75, 3.05) is 6.54 Å². The van der Waals surface area contributed by atoms with Gasteiger partial charge in [-0.3, -0.25) is 4.79 Å². The van der Waals surface area contributed by atoms with Crippen LogP contribution in [0.1, 0.15) is 68.3 Å². The Morgan fingerprint density at radius 1 is 1.16 bits per heavy atom. The Kier molecular flexibility index (Phi) is 5.15. The molecule has 4 nitrogen and oxygen atoms in total. The average molecular weight is 340 g/mol. The van der Waals surface area contributed by atoms with Crippen molar-refractivity contribution in [3.8, 4) is 6.07 Å². The number of amides is 1. The van der Waals surface area contributed by atoms with E-state index in [1.165, 1.54) is 0 Å². The van der Waals surface area contributed by atoms with Gasteiger partial charge in [0, 0.05) is 24.1 Å². The lowest BCUT2D eigenvalue weighted by atomic mass is 9.80. The molecule has 1 aromatic rings. The first-order valence-electron chi connectivity index (χ1n) is 9.45. The van der Waals surface area contributed by atoms with Crippen LogP contribution in [0.5, 0.6) is 0 Å². The first-order chi connectivity index (χ1) is 11.9. The van der Waals surface area contributed by atoms with Gasteiger partial charge in [0.1, 0.15) is 0 Å². The lowest BCUT2D eigenvalue weighted by Gasteiger charge is -2.37. The molecule has 1 saturated heterocycles. The second kappa shape index (κ2) is 7.17. The highest BCUT2D eigenvalue weighted by Crippen LogP contribution is 2.35. The van der Waals surface area contributed by atoms with Crippen LogP contribution >= 0.6 is 0 Å². The van der Waals surface area contributed by atoms with Crippen molar-refractivity contribution in [3.63, 3.8) is 0 Å². The topological polar surface area (TPSA) is 64.3 Å². The Morgan fingerprint density at radius 3 is 2.48 bits per heavy atom. The van der Waals surface area contributed by atoms with Crippen molar-refractivity contribution < 1.29 is 9.90 Å². The van der Waals surface area contributed by atoms with E-state index >= 15 is 0 Å². The molecule has 4 heteroatoms. The van der Waals surface area contributed by atoms with Gasteiger partial charge in [-0.05, 0) is 57.2 Å². The van der Waals surface area contributed by atoms with Gasteiger partial charge in [-0.15, -0.1) is 0 Å². The number of nitriles is 1. The van der Waals surface area contributed by atoms with E-state index in [1.54, 1.807) is 0 Å². The summed E-state index contributed by atoms with van der Waals surface area (Å²) in [6.45, 7) is 4.54. The van der Waals surface area contributed by atoms with E-state index in [0.717, 1.165) is 50.6 Å². The fraction of sp³-hybridized carbons (Fsp3) is 0.619. The lowest BCUT2D eigenvalue weighted by Crippen LogP contribution is -2.45. The van der Waals surface area contributed by atoms with Crippen molar-refractivity contribution in [1.82, 2.24) is 4.90 Å². The molecule has 3 atom stereocenters. The molecular formula is C21H28N2O2. The second-order valence-corrected chi connectivity index (χ2v) is 8.04. The van der Waals surface area contributed by atoms with Crippen molar-refractivity contribution >= 4 is 5.91 Å². The molecule has 134 valence electrons. The van der Waals surface area contributed by atoms with E-state index in [4.69, 9.17) is 0 Å². The second-order valence-electron chi connectivity index (χ2n) is 8.04. The third-order valence-electron chi connectivity index (χ3n) is 5.97. The van der Waals surface area contributed by atoms with Gasteiger partial charge >= 0.3 is 0 Å². The maximum atomic E-state index is 13.0. The zero-order chi connectivity index (χ0) is 18.0. The fourth-order valence-corrected chi connectivity index (χ4v) is 4.34. The summed E-state index contributed by atoms with van der Waals surface area (Å²) in [6.07, 6.45) is 5.86. The number of carbonyl (C=O) groups excluding carboxylic acids is 1. The van der Waals surface area contributed by atoms with E-state index in [0.29, 0.717) is 5.56 Å². The average Bonchev–Trinajstić information content (AvgIpc) is 3.11. The standard InChI is InChI=1S/C21H28N2O2/c1-21(2,14-22)16-11-9-15(10-12-16)20(25)23-13-5-7-18(23)17-6-3-4-8-19(17)24/h9-12,17-19,24H,3-8,13H2,1-2H3. The summed E-state index contributed by atoms with van der Waals surface area (Å²) < 4.78 is 0. The number of aliphatic hydroxyl groups is 1. The van der Waals surface area contributed by atoms with Crippen LogP contribution in [0.25, 0.3) is 0 Å². The highest BCUT2D eigenvalue weighted by atomic mass is 16.3. The number of hydrogen-bond donors (Lipinski definition) is 1. The normalized spacial score (nSPS) is 27.1. The Morgan fingerprint density at radius 2 is 1.84 bits per heavy atom. The Labute approximate surface area is 150 Å². The zero-order valence-electron chi connectivity index (χ0n) is 15.2. The van der Waals surface area contributed by atoms with E-state index in [2.05, 4.69) is 6.07 Å². The molecule has 2 aliphatic rings. The van der Waals surface area contributed by atoms with Crippen LogP contribution in [-0.4, -0.2) is 34.6 Å². The van der Waals surface area contributed by atoms with Crippen LogP contribution in [0.3, 0.4) is 0 Å². The van der Waals surface area contributed by atoms with Crippen molar-refractivity contribution in [2.24, 2.45) is 5.92 Å². The van der Waals surface area contributed by atoms with Gasteiger partial charge in [0.25, 0.3) is 5.91 Å². The van der Waals surface area contributed by atoms with Gasteiger partial charge in [0.15, 0.2) is 0 Å². The number of carbonyl (C=O) groups is 1. The third kappa shape index (κ3) is 3.57. The van der Waals surface area contributed by atoms with Gasteiger partial charge in [0.05, 0.1) is 17.6 Å². The molecular weight excluding hydrogens is 312 g/mol. The minimum Gasteiger partial charge on any atom is -0.393 e. The summed E-state index contributed by atoms with van der Waals surface area (Å²) in [5.74, 6) is 0.276. The SMILES string of the molecule is CC(C)(C#N)c1ccc(C(=O)N2CCCC2C2CCCCC2O)cc1. The van der Waals surface area contributed by atoms with Crippen LogP contribution < -0.4 is 0 Å². The molecule has 1 amide bonds. The molecule has 2 fully saturated rings. The summed E-state index contributed by atoms with van der Waals surface area (Å²) in [7, 11) is 0. The summed E-state index contributed by atoms with van der Waals surface area (Å²) in [5.41, 5.74) is 1.05. The molecule has 1 aliphatic heterocycles. The fourth-order valence-electron chi connectivity index (χ4n) is 4.34. The summed E-state index contributed by atoms with van der Waals surface area (Å²) >= 11 is 0. The monoisotopic (exact) mass is 340 g/mol. The Balaban J connectivity index is 1.76. The molecule has 1 aliphatic carbocycles. The van der Waals surface area contributed by atoms with Gasteiger partial charge < -0.3 is 10.0 Å². The van der Waals surface area contributed by atoms with Crippen LogP contribution in [-0.2, 0) is 5.41 Å². The number of nitrogens with zero attached hydrogens (tertiary/aromatic N) is 2. The van der Waals surface area contributed by atoms with Crippen LogP contribution in [0.15, 0.2) is 24.3 Å². The largest absolute Gasteiger partial charge is 0.393 e. The summed E-state index contributed by atoms with van der Waals surface area (Å²) in [6, 6.07) is 9.90. The van der Waals surface area contributed by atoms with Gasteiger partial charge in [-0.1, -0.05) is 25.0 Å². The number of likely N-dealkylation sites (tertiary alicyclic amines) is 1. The van der Waals surface area contributed by atoms with E-state index in [1.807, 2.05) is 43.0 Å². The van der Waals surface area contributed by atoms with Crippen LogP contribution in [0, 0.1) is 17.2 Å². The number of benzene rings is 1. The predicted molar refractivity (Wildman–Crippen MR) is 97.1 cm³/mol.